The third-order valence-corrected chi connectivity index (χ3v) is 5.22. The van der Waals surface area contributed by atoms with Crippen LogP contribution in [0.2, 0.25) is 0 Å². The van der Waals surface area contributed by atoms with Crippen LogP contribution in [-0.4, -0.2) is 26.6 Å². The molecule has 0 bridgehead atoms. The molecular formula is C14H20N2O3S. The molecule has 1 fully saturated rings. The predicted octanol–water partition coefficient (Wildman–Crippen LogP) is 2.27. The van der Waals surface area contributed by atoms with Gasteiger partial charge in [-0.3, -0.25) is 9.10 Å². The maximum Gasteiger partial charge on any atom is 0.235 e. The van der Waals surface area contributed by atoms with Crippen LogP contribution in [0.5, 0.6) is 0 Å². The van der Waals surface area contributed by atoms with Crippen LogP contribution in [0.1, 0.15) is 31.7 Å². The number of anilines is 2. The number of carbonyl (C=O) groups excluding carboxylic acids is 1. The van der Waals surface area contributed by atoms with E-state index in [4.69, 9.17) is 0 Å². The van der Waals surface area contributed by atoms with Gasteiger partial charge in [-0.2, -0.15) is 0 Å². The van der Waals surface area contributed by atoms with Gasteiger partial charge in [0.2, 0.25) is 15.9 Å². The van der Waals surface area contributed by atoms with E-state index in [1.54, 1.807) is 12.1 Å². The number of nitrogens with zero attached hydrogens (tertiary/aromatic N) is 1. The fourth-order valence-electron chi connectivity index (χ4n) is 2.31. The number of sulfonamides is 1. The summed E-state index contributed by atoms with van der Waals surface area (Å²) in [6, 6.07) is 5.33. The van der Waals surface area contributed by atoms with Crippen molar-refractivity contribution in [3.8, 4) is 0 Å². The van der Waals surface area contributed by atoms with Gasteiger partial charge in [0.25, 0.3) is 0 Å². The first kappa shape index (κ1) is 14.8. The Balaban J connectivity index is 2.20. The molecule has 6 heteroatoms. The Morgan fingerprint density at radius 1 is 1.40 bits per heavy atom. The van der Waals surface area contributed by atoms with Crippen molar-refractivity contribution in [2.24, 2.45) is 0 Å². The molecule has 20 heavy (non-hydrogen) atoms. The Kier molecular flexibility index (Phi) is 4.32. The van der Waals surface area contributed by atoms with Crippen LogP contribution >= 0.6 is 0 Å². The fourth-order valence-corrected chi connectivity index (χ4v) is 3.87. The zero-order valence-electron chi connectivity index (χ0n) is 11.8. The van der Waals surface area contributed by atoms with Gasteiger partial charge in [-0.15, -0.1) is 0 Å². The van der Waals surface area contributed by atoms with Crippen molar-refractivity contribution >= 4 is 27.3 Å². The summed E-state index contributed by atoms with van der Waals surface area (Å²) in [6.45, 7) is 4.35. The summed E-state index contributed by atoms with van der Waals surface area (Å²) >= 11 is 0. The Labute approximate surface area is 120 Å². The van der Waals surface area contributed by atoms with Crippen molar-refractivity contribution in [2.75, 3.05) is 21.9 Å². The molecule has 2 rings (SSSR count). The molecule has 1 amide bonds. The molecule has 5 nitrogen and oxygen atoms in total. The minimum Gasteiger partial charge on any atom is -0.326 e. The number of amides is 1. The second kappa shape index (κ2) is 5.83. The topological polar surface area (TPSA) is 66.5 Å². The Morgan fingerprint density at radius 2 is 2.15 bits per heavy atom. The summed E-state index contributed by atoms with van der Waals surface area (Å²) in [5, 5.41) is 2.84. The van der Waals surface area contributed by atoms with Gasteiger partial charge in [0, 0.05) is 18.7 Å². The minimum atomic E-state index is -3.16. The highest BCUT2D eigenvalue weighted by Crippen LogP contribution is 2.28. The van der Waals surface area contributed by atoms with Gasteiger partial charge in [-0.05, 0) is 43.5 Å². The Hall–Kier alpha value is -1.56. The first-order valence-corrected chi connectivity index (χ1v) is 8.46. The van der Waals surface area contributed by atoms with Crippen molar-refractivity contribution in [2.45, 2.75) is 33.1 Å². The van der Waals surface area contributed by atoms with Gasteiger partial charge in [0.05, 0.1) is 11.4 Å². The van der Waals surface area contributed by atoms with Crippen molar-refractivity contribution in [1.82, 2.24) is 0 Å². The van der Waals surface area contributed by atoms with Crippen LogP contribution in [0, 0.1) is 6.92 Å². The molecule has 0 radical (unpaired) electrons. The lowest BCUT2D eigenvalue weighted by atomic mass is 10.1. The van der Waals surface area contributed by atoms with Crippen molar-refractivity contribution in [3.05, 3.63) is 23.8 Å². The molecule has 0 spiro atoms. The number of rotatable bonds is 4. The van der Waals surface area contributed by atoms with Gasteiger partial charge in [0.15, 0.2) is 0 Å². The van der Waals surface area contributed by atoms with Crippen LogP contribution < -0.4 is 9.62 Å². The number of aryl methyl sites for hydroxylation is 1. The highest BCUT2D eigenvalue weighted by atomic mass is 32.2. The lowest BCUT2D eigenvalue weighted by Gasteiger charge is -2.18. The lowest BCUT2D eigenvalue weighted by Crippen LogP contribution is -2.25. The van der Waals surface area contributed by atoms with Crippen LogP contribution in [0.15, 0.2) is 18.2 Å². The molecular weight excluding hydrogens is 276 g/mol. The van der Waals surface area contributed by atoms with Gasteiger partial charge >= 0.3 is 0 Å². The zero-order valence-corrected chi connectivity index (χ0v) is 12.7. The number of hydrogen-bond acceptors (Lipinski definition) is 3. The van der Waals surface area contributed by atoms with Crippen LogP contribution in [0.25, 0.3) is 0 Å². The van der Waals surface area contributed by atoms with Gasteiger partial charge in [0.1, 0.15) is 0 Å². The molecule has 110 valence electrons. The van der Waals surface area contributed by atoms with E-state index in [1.807, 2.05) is 19.9 Å². The molecule has 1 aliphatic heterocycles. The number of carbonyl (C=O) groups is 1. The zero-order chi connectivity index (χ0) is 14.8. The molecule has 0 aromatic heterocycles. The van der Waals surface area contributed by atoms with E-state index in [0.29, 0.717) is 25.1 Å². The van der Waals surface area contributed by atoms with E-state index in [0.717, 1.165) is 17.7 Å². The third kappa shape index (κ3) is 3.12. The van der Waals surface area contributed by atoms with Gasteiger partial charge in [-0.25, -0.2) is 8.42 Å². The average Bonchev–Trinajstić information content (AvgIpc) is 2.72. The fraction of sp³-hybridized carbons (Fsp3) is 0.500. The monoisotopic (exact) mass is 296 g/mol. The third-order valence-electron chi connectivity index (χ3n) is 3.35. The summed E-state index contributed by atoms with van der Waals surface area (Å²) in [7, 11) is -3.16. The first-order valence-electron chi connectivity index (χ1n) is 6.85. The first-order chi connectivity index (χ1) is 9.44. The summed E-state index contributed by atoms with van der Waals surface area (Å²) < 4.78 is 25.2. The molecule has 1 aliphatic rings. The molecule has 0 saturated carbocycles. The molecule has 1 saturated heterocycles. The van der Waals surface area contributed by atoms with Gasteiger partial charge < -0.3 is 5.32 Å². The van der Waals surface area contributed by atoms with E-state index >= 15 is 0 Å². The molecule has 0 aliphatic carbocycles. The minimum absolute atomic E-state index is 0.0165. The van der Waals surface area contributed by atoms with Gasteiger partial charge in [-0.1, -0.05) is 6.92 Å². The van der Waals surface area contributed by atoms with E-state index < -0.39 is 10.0 Å². The Bertz CT molecular complexity index is 611. The van der Waals surface area contributed by atoms with E-state index in [2.05, 4.69) is 5.32 Å². The number of benzene rings is 1. The van der Waals surface area contributed by atoms with Crippen molar-refractivity contribution < 1.29 is 13.2 Å². The number of hydrogen-bond donors (Lipinski definition) is 1. The maximum atomic E-state index is 11.9. The second-order valence-corrected chi connectivity index (χ2v) is 7.05. The highest BCUT2D eigenvalue weighted by Gasteiger charge is 2.28. The molecule has 1 heterocycles. The Morgan fingerprint density at radius 3 is 2.70 bits per heavy atom. The highest BCUT2D eigenvalue weighted by molar-refractivity contribution is 7.93. The molecule has 1 N–H and O–H groups in total. The molecule has 0 atom stereocenters. The van der Waals surface area contributed by atoms with Crippen molar-refractivity contribution in [3.63, 3.8) is 0 Å². The van der Waals surface area contributed by atoms with Crippen LogP contribution in [-0.2, 0) is 14.8 Å². The molecule has 1 aromatic carbocycles. The van der Waals surface area contributed by atoms with E-state index in [-0.39, 0.29) is 11.7 Å². The van der Waals surface area contributed by atoms with Crippen LogP contribution in [0.4, 0.5) is 11.4 Å². The molecule has 0 unspecified atom stereocenters. The maximum absolute atomic E-state index is 11.9. The average molecular weight is 296 g/mol. The predicted molar refractivity (Wildman–Crippen MR) is 80.5 cm³/mol. The van der Waals surface area contributed by atoms with E-state index in [1.165, 1.54) is 4.31 Å². The lowest BCUT2D eigenvalue weighted by molar-refractivity contribution is -0.116. The smallest absolute Gasteiger partial charge is 0.235 e. The second-order valence-electron chi connectivity index (χ2n) is 5.04. The summed E-state index contributed by atoms with van der Waals surface area (Å²) in [6.07, 6.45) is 1.95. The SMILES string of the molecule is CCCC(=O)Nc1ccc(N2CCCS2(=O)=O)cc1C. The number of nitrogens with one attached hydrogen (secondary N) is 1. The van der Waals surface area contributed by atoms with E-state index in [9.17, 15) is 13.2 Å². The summed E-state index contributed by atoms with van der Waals surface area (Å²) in [5.74, 6) is 0.193. The normalized spacial score (nSPS) is 17.2. The summed E-state index contributed by atoms with van der Waals surface area (Å²) in [4.78, 5) is 11.6. The quantitative estimate of drug-likeness (QED) is 0.927. The van der Waals surface area contributed by atoms with Crippen molar-refractivity contribution in [1.29, 1.82) is 0 Å². The summed E-state index contributed by atoms with van der Waals surface area (Å²) in [5.41, 5.74) is 2.28. The van der Waals surface area contributed by atoms with Crippen LogP contribution in [0.3, 0.4) is 0 Å². The standard InChI is InChI=1S/C14H20N2O3S/c1-3-5-14(17)15-13-7-6-12(10-11(13)2)16-8-4-9-20(16,18)19/h6-7,10H,3-5,8-9H2,1-2H3,(H,15,17). The molecule has 1 aromatic rings. The largest absolute Gasteiger partial charge is 0.326 e.